The Hall–Kier alpha value is -4.82. The molecule has 0 unspecified atom stereocenters. The lowest BCUT2D eigenvalue weighted by Crippen LogP contribution is -2.23. The van der Waals surface area contributed by atoms with Crippen molar-refractivity contribution >= 4 is 55.0 Å². The minimum Gasteiger partial charge on any atom is -0.348 e. The van der Waals surface area contributed by atoms with Crippen molar-refractivity contribution in [2.75, 3.05) is 0 Å². The molecule has 0 atom stereocenters. The Bertz CT molecular complexity index is 1980. The Labute approximate surface area is 266 Å². The molecule has 44 heavy (non-hydrogen) atoms. The molecule has 12 nitrogen and oxygen atoms in total. The molecule has 4 heterocycles. The molecule has 0 saturated carbocycles. The summed E-state index contributed by atoms with van der Waals surface area (Å²) in [6.45, 7) is 4.23. The largest absolute Gasteiger partial charge is 0.348 e. The number of hydrogen-bond donors (Lipinski definition) is 4. The lowest BCUT2D eigenvalue weighted by molar-refractivity contribution is 0.0944. The SMILES string of the molecule is Cc1cc(=O)n2[nH]cc(C(=O)NCc3cccc(Br)c3)c2n1.Cc1cc(=O)n2[nH]cc(C(=O)NCc3cccc(Br)c3)c2n1. The molecule has 2 aromatic carbocycles. The van der Waals surface area contributed by atoms with Gasteiger partial charge >= 0.3 is 0 Å². The number of aryl methyl sites for hydroxylation is 2. The van der Waals surface area contributed by atoms with Crippen LogP contribution in [0.3, 0.4) is 0 Å². The fraction of sp³-hybridized carbons (Fsp3) is 0.133. The molecule has 0 fully saturated rings. The predicted octanol–water partition coefficient (Wildman–Crippen LogP) is 4.05. The molecule has 224 valence electrons. The smallest absolute Gasteiger partial charge is 0.272 e. The van der Waals surface area contributed by atoms with Crippen LogP contribution < -0.4 is 21.8 Å². The molecule has 0 aliphatic carbocycles. The Morgan fingerprint density at radius 2 is 1.11 bits per heavy atom. The highest BCUT2D eigenvalue weighted by Gasteiger charge is 2.16. The Morgan fingerprint density at radius 1 is 0.705 bits per heavy atom. The van der Waals surface area contributed by atoms with Gasteiger partial charge in [0.1, 0.15) is 11.1 Å². The summed E-state index contributed by atoms with van der Waals surface area (Å²) in [7, 11) is 0. The number of nitrogens with zero attached hydrogens (tertiary/aromatic N) is 4. The number of H-pyrrole nitrogens is 2. The van der Waals surface area contributed by atoms with Crippen LogP contribution in [0.25, 0.3) is 11.3 Å². The Balaban J connectivity index is 0.000000175. The van der Waals surface area contributed by atoms with Crippen LogP contribution in [0.15, 0.2) is 91.6 Å². The van der Waals surface area contributed by atoms with E-state index < -0.39 is 0 Å². The summed E-state index contributed by atoms with van der Waals surface area (Å²) < 4.78 is 4.41. The van der Waals surface area contributed by atoms with E-state index in [-0.39, 0.29) is 22.9 Å². The minimum absolute atomic E-state index is 0.242. The van der Waals surface area contributed by atoms with Gasteiger partial charge in [-0.25, -0.2) is 19.0 Å². The third kappa shape index (κ3) is 7.03. The van der Waals surface area contributed by atoms with Gasteiger partial charge in [0.15, 0.2) is 11.3 Å². The van der Waals surface area contributed by atoms with Crippen molar-refractivity contribution in [2.24, 2.45) is 0 Å². The van der Waals surface area contributed by atoms with Crippen LogP contribution in [0, 0.1) is 13.8 Å². The number of benzene rings is 2. The molecule has 4 aromatic heterocycles. The number of rotatable bonds is 6. The van der Waals surface area contributed by atoms with Gasteiger partial charge in [-0.3, -0.25) is 29.4 Å². The van der Waals surface area contributed by atoms with Gasteiger partial charge < -0.3 is 10.6 Å². The van der Waals surface area contributed by atoms with Crippen LogP contribution in [-0.4, -0.2) is 41.0 Å². The molecule has 0 bridgehead atoms. The van der Waals surface area contributed by atoms with Crippen LogP contribution in [0.5, 0.6) is 0 Å². The van der Waals surface area contributed by atoms with Crippen LogP contribution in [0.4, 0.5) is 0 Å². The molecule has 2 amide bonds. The first-order valence-electron chi connectivity index (χ1n) is 13.3. The third-order valence-corrected chi connectivity index (χ3v) is 7.41. The van der Waals surface area contributed by atoms with Gasteiger partial charge in [0, 0.05) is 57.9 Å². The molecule has 0 aliphatic rings. The molecular formula is C30H26Br2N8O4. The van der Waals surface area contributed by atoms with E-state index in [1.54, 1.807) is 13.8 Å². The molecule has 6 rings (SSSR count). The highest BCUT2D eigenvalue weighted by molar-refractivity contribution is 9.10. The van der Waals surface area contributed by atoms with E-state index in [0.29, 0.717) is 46.9 Å². The van der Waals surface area contributed by atoms with Crippen LogP contribution in [0.1, 0.15) is 43.2 Å². The summed E-state index contributed by atoms with van der Waals surface area (Å²) in [5, 5.41) is 11.1. The molecular weight excluding hydrogens is 696 g/mol. The summed E-state index contributed by atoms with van der Waals surface area (Å²) in [4.78, 5) is 56.7. The average Bonchev–Trinajstić information content (AvgIpc) is 3.60. The standard InChI is InChI=1S/2C15H13BrN4O2/c2*1-9-5-13(21)20-14(19-9)12(8-18-20)15(22)17-7-10-3-2-4-11(16)6-10/h2*2-6,8,18H,7H2,1H3,(H,17,22). The maximum absolute atomic E-state index is 12.3. The summed E-state index contributed by atoms with van der Waals surface area (Å²) in [5.41, 5.74) is 3.96. The Kier molecular flexibility index (Phi) is 9.20. The lowest BCUT2D eigenvalue weighted by atomic mass is 10.2. The monoisotopic (exact) mass is 720 g/mol. The third-order valence-electron chi connectivity index (χ3n) is 6.42. The normalized spacial score (nSPS) is 10.8. The first kappa shape index (κ1) is 30.6. The minimum atomic E-state index is -0.281. The highest BCUT2D eigenvalue weighted by atomic mass is 79.9. The van der Waals surface area contributed by atoms with Crippen LogP contribution >= 0.6 is 31.9 Å². The van der Waals surface area contributed by atoms with E-state index in [2.05, 4.69) is 62.7 Å². The molecule has 0 saturated heterocycles. The number of carbonyl (C=O) groups excluding carboxylic acids is 2. The quantitative estimate of drug-likeness (QED) is 0.203. The molecule has 0 aliphatic heterocycles. The van der Waals surface area contributed by atoms with Gasteiger partial charge in [0.25, 0.3) is 22.9 Å². The summed E-state index contributed by atoms with van der Waals surface area (Å²) in [6.07, 6.45) is 2.97. The van der Waals surface area contributed by atoms with E-state index >= 15 is 0 Å². The first-order chi connectivity index (χ1) is 21.1. The van der Waals surface area contributed by atoms with Crippen LogP contribution in [0.2, 0.25) is 0 Å². The second-order valence-electron chi connectivity index (χ2n) is 9.79. The summed E-state index contributed by atoms with van der Waals surface area (Å²) in [6, 6.07) is 18.2. The average molecular weight is 722 g/mol. The fourth-order valence-electron chi connectivity index (χ4n) is 4.38. The summed E-state index contributed by atoms with van der Waals surface area (Å²) in [5.74, 6) is -0.563. The zero-order chi connectivity index (χ0) is 31.4. The number of amides is 2. The number of fused-ring (bicyclic) bond motifs is 2. The van der Waals surface area contributed by atoms with E-state index in [1.165, 1.54) is 33.6 Å². The van der Waals surface area contributed by atoms with Gasteiger partial charge in [0.05, 0.1) is 0 Å². The van der Waals surface area contributed by atoms with Crippen LogP contribution in [-0.2, 0) is 13.1 Å². The van der Waals surface area contributed by atoms with Gasteiger partial charge in [-0.2, -0.15) is 0 Å². The van der Waals surface area contributed by atoms with Crippen molar-refractivity contribution in [3.63, 3.8) is 0 Å². The van der Waals surface area contributed by atoms with Gasteiger partial charge in [0.2, 0.25) is 0 Å². The zero-order valence-electron chi connectivity index (χ0n) is 23.5. The van der Waals surface area contributed by atoms with E-state index in [1.807, 2.05) is 48.5 Å². The number of carbonyl (C=O) groups is 2. The number of hydrogen-bond acceptors (Lipinski definition) is 6. The fourth-order valence-corrected chi connectivity index (χ4v) is 5.27. The van der Waals surface area contributed by atoms with E-state index in [0.717, 1.165) is 20.1 Å². The number of aromatic nitrogens is 6. The molecule has 0 radical (unpaired) electrons. The molecule has 14 heteroatoms. The Morgan fingerprint density at radius 3 is 1.50 bits per heavy atom. The van der Waals surface area contributed by atoms with Crippen molar-refractivity contribution in [2.45, 2.75) is 26.9 Å². The maximum Gasteiger partial charge on any atom is 0.272 e. The number of nitrogens with one attached hydrogen (secondary N) is 4. The zero-order valence-corrected chi connectivity index (χ0v) is 26.7. The topological polar surface area (TPSA) is 159 Å². The number of halogens is 2. The van der Waals surface area contributed by atoms with E-state index in [4.69, 9.17) is 0 Å². The van der Waals surface area contributed by atoms with Crippen molar-refractivity contribution < 1.29 is 9.59 Å². The molecule has 6 aromatic rings. The van der Waals surface area contributed by atoms with Crippen molar-refractivity contribution in [3.05, 3.63) is 136 Å². The van der Waals surface area contributed by atoms with Crippen molar-refractivity contribution in [3.8, 4) is 0 Å². The first-order valence-corrected chi connectivity index (χ1v) is 14.9. The second kappa shape index (κ2) is 13.2. The molecule has 4 N–H and O–H groups in total. The second-order valence-corrected chi connectivity index (χ2v) is 11.6. The lowest BCUT2D eigenvalue weighted by Gasteiger charge is -2.05. The van der Waals surface area contributed by atoms with E-state index in [9.17, 15) is 19.2 Å². The van der Waals surface area contributed by atoms with Gasteiger partial charge in [-0.1, -0.05) is 56.1 Å². The predicted molar refractivity (Wildman–Crippen MR) is 172 cm³/mol. The molecule has 0 spiro atoms. The highest BCUT2D eigenvalue weighted by Crippen LogP contribution is 2.13. The van der Waals surface area contributed by atoms with Gasteiger partial charge in [-0.05, 0) is 49.2 Å². The van der Waals surface area contributed by atoms with Gasteiger partial charge in [-0.15, -0.1) is 0 Å². The van der Waals surface area contributed by atoms with Crippen molar-refractivity contribution in [1.29, 1.82) is 0 Å². The van der Waals surface area contributed by atoms with Crippen molar-refractivity contribution in [1.82, 2.24) is 39.8 Å². The maximum atomic E-state index is 12.3. The number of aromatic amines is 2. The summed E-state index contributed by atoms with van der Waals surface area (Å²) >= 11 is 6.78.